The van der Waals surface area contributed by atoms with Gasteiger partial charge in [0, 0.05) is 44.3 Å². The van der Waals surface area contributed by atoms with E-state index >= 15 is 0 Å². The molecule has 57 heavy (non-hydrogen) atoms. The molecular weight excluding hydrogens is 689 g/mol. The van der Waals surface area contributed by atoms with Crippen molar-refractivity contribution in [1.29, 1.82) is 0 Å². The number of hydrogen-bond acceptors (Lipinski definition) is 1. The molecule has 0 aliphatic heterocycles. The number of anilines is 3. The number of nitrogens with zero attached hydrogens (tertiary/aromatic N) is 2. The molecule has 12 rings (SSSR count). The van der Waals surface area contributed by atoms with E-state index in [1.807, 2.05) is 0 Å². The van der Waals surface area contributed by atoms with E-state index in [0.717, 1.165) is 17.1 Å². The van der Waals surface area contributed by atoms with Crippen LogP contribution in [-0.2, 0) is 5.41 Å². The van der Waals surface area contributed by atoms with Gasteiger partial charge in [0.05, 0.1) is 11.0 Å². The fourth-order valence-electron chi connectivity index (χ4n) is 10.1. The molecule has 0 atom stereocenters. The number of fused-ring (bicyclic) bond motifs is 7. The molecular formula is C55H38N2. The summed E-state index contributed by atoms with van der Waals surface area (Å²) >= 11 is 0. The fraction of sp³-hybridized carbons (Fsp3) is 0.0545. The maximum Gasteiger partial charge on any atom is 0.0620 e. The van der Waals surface area contributed by atoms with Crippen molar-refractivity contribution >= 4 is 71.2 Å². The first-order valence-electron chi connectivity index (χ1n) is 19.9. The summed E-state index contributed by atoms with van der Waals surface area (Å²) in [6.45, 7) is 4.70. The number of rotatable bonds is 5. The Hall–Kier alpha value is -7.16. The van der Waals surface area contributed by atoms with Gasteiger partial charge < -0.3 is 9.47 Å². The van der Waals surface area contributed by atoms with Gasteiger partial charge in [-0.2, -0.15) is 0 Å². The third-order valence-corrected chi connectivity index (χ3v) is 12.7. The third kappa shape index (κ3) is 4.59. The average Bonchev–Trinajstić information content (AvgIpc) is 3.72. The first-order chi connectivity index (χ1) is 28.0. The van der Waals surface area contributed by atoms with Crippen molar-refractivity contribution in [2.75, 3.05) is 4.90 Å². The molecule has 1 heterocycles. The van der Waals surface area contributed by atoms with Crippen LogP contribution in [0.1, 0.15) is 25.0 Å². The van der Waals surface area contributed by atoms with Gasteiger partial charge in [-0.15, -0.1) is 0 Å². The number of aromatic nitrogens is 1. The molecule has 0 N–H and O–H groups in total. The molecule has 1 aliphatic carbocycles. The Labute approximate surface area is 331 Å². The van der Waals surface area contributed by atoms with Crippen molar-refractivity contribution in [2.24, 2.45) is 0 Å². The first-order valence-corrected chi connectivity index (χ1v) is 19.9. The average molecular weight is 727 g/mol. The summed E-state index contributed by atoms with van der Waals surface area (Å²) in [5.41, 5.74) is 14.9. The van der Waals surface area contributed by atoms with Gasteiger partial charge >= 0.3 is 0 Å². The SMILES string of the molecule is CC1(C)c2ccccc2-c2ccc(N(c3ccccc3)c3ccc(-c4ccc5ccc6cc7c8ccccc8n(-c8ccccc8)c7c7ccc4c5c67)cc3)cc21. The van der Waals surface area contributed by atoms with Gasteiger partial charge in [0.1, 0.15) is 0 Å². The Morgan fingerprint density at radius 1 is 0.404 bits per heavy atom. The molecule has 0 spiro atoms. The van der Waals surface area contributed by atoms with Crippen LogP contribution < -0.4 is 4.90 Å². The van der Waals surface area contributed by atoms with Gasteiger partial charge in [-0.3, -0.25) is 0 Å². The molecule has 0 bridgehead atoms. The van der Waals surface area contributed by atoms with E-state index in [9.17, 15) is 0 Å². The molecule has 11 aromatic rings. The van der Waals surface area contributed by atoms with Crippen LogP contribution in [0.5, 0.6) is 0 Å². The largest absolute Gasteiger partial charge is 0.310 e. The Kier molecular flexibility index (Phi) is 6.72. The second-order valence-electron chi connectivity index (χ2n) is 16.1. The Bertz CT molecular complexity index is 3350. The van der Waals surface area contributed by atoms with E-state index in [0.29, 0.717) is 0 Å². The molecule has 2 heteroatoms. The second kappa shape index (κ2) is 11.9. The summed E-state index contributed by atoms with van der Waals surface area (Å²) in [6, 6.07) is 71.8. The third-order valence-electron chi connectivity index (χ3n) is 12.7. The van der Waals surface area contributed by atoms with E-state index < -0.39 is 0 Å². The second-order valence-corrected chi connectivity index (χ2v) is 16.1. The van der Waals surface area contributed by atoms with Gasteiger partial charge in [0.15, 0.2) is 0 Å². The number of hydrogen-bond donors (Lipinski definition) is 0. The van der Waals surface area contributed by atoms with Crippen molar-refractivity contribution in [2.45, 2.75) is 19.3 Å². The zero-order valence-corrected chi connectivity index (χ0v) is 31.9. The predicted molar refractivity (Wildman–Crippen MR) is 242 cm³/mol. The van der Waals surface area contributed by atoms with E-state index in [2.05, 4.69) is 217 Å². The van der Waals surface area contributed by atoms with Gasteiger partial charge in [-0.1, -0.05) is 147 Å². The van der Waals surface area contributed by atoms with Crippen LogP contribution in [-0.4, -0.2) is 4.57 Å². The highest BCUT2D eigenvalue weighted by Gasteiger charge is 2.35. The van der Waals surface area contributed by atoms with Crippen LogP contribution in [0.3, 0.4) is 0 Å². The Balaban J connectivity index is 1.01. The first kappa shape index (κ1) is 32.1. The maximum atomic E-state index is 2.45. The lowest BCUT2D eigenvalue weighted by molar-refractivity contribution is 0.660. The summed E-state index contributed by atoms with van der Waals surface area (Å²) in [6.07, 6.45) is 0. The summed E-state index contributed by atoms with van der Waals surface area (Å²) in [4.78, 5) is 2.39. The van der Waals surface area contributed by atoms with Crippen LogP contribution >= 0.6 is 0 Å². The van der Waals surface area contributed by atoms with E-state index in [4.69, 9.17) is 0 Å². The summed E-state index contributed by atoms with van der Waals surface area (Å²) < 4.78 is 2.45. The van der Waals surface area contributed by atoms with E-state index in [-0.39, 0.29) is 5.41 Å². The smallest absolute Gasteiger partial charge is 0.0620 e. The van der Waals surface area contributed by atoms with Crippen LogP contribution in [0.25, 0.3) is 82.1 Å². The standard InChI is InChI=1S/C55H38N2/c1-55(2)49-19-11-9-17-43(49)44-30-28-41(34-50(44)55)56(38-13-5-3-6-14-38)40-26-23-35(24-27-40)42-29-25-36-21-22-37-33-48-45-18-10-12-20-51(45)57(39-15-7-4-8-16-39)54(48)47-32-31-46(42)52(36)53(37)47/h3-34H,1-2H3. The zero-order chi connectivity index (χ0) is 37.8. The monoisotopic (exact) mass is 726 g/mol. The quantitative estimate of drug-likeness (QED) is 0.160. The Morgan fingerprint density at radius 3 is 1.86 bits per heavy atom. The molecule has 2 nitrogen and oxygen atoms in total. The van der Waals surface area contributed by atoms with Gasteiger partial charge in [-0.25, -0.2) is 0 Å². The summed E-state index contributed by atoms with van der Waals surface area (Å²) in [5.74, 6) is 0. The lowest BCUT2D eigenvalue weighted by atomic mass is 9.82. The van der Waals surface area contributed by atoms with Crippen LogP contribution in [0.4, 0.5) is 17.1 Å². The minimum Gasteiger partial charge on any atom is -0.310 e. The van der Waals surface area contributed by atoms with Gasteiger partial charge in [0.2, 0.25) is 0 Å². The summed E-state index contributed by atoms with van der Waals surface area (Å²) in [7, 11) is 0. The number of benzene rings is 10. The summed E-state index contributed by atoms with van der Waals surface area (Å²) in [5, 5.41) is 10.3. The molecule has 1 aromatic heterocycles. The molecule has 0 unspecified atom stereocenters. The van der Waals surface area contributed by atoms with Crippen molar-refractivity contribution in [1.82, 2.24) is 4.57 Å². The fourth-order valence-corrected chi connectivity index (χ4v) is 10.1. The highest BCUT2D eigenvalue weighted by atomic mass is 15.1. The van der Waals surface area contributed by atoms with Crippen LogP contribution in [0.2, 0.25) is 0 Å². The molecule has 0 saturated heterocycles. The molecule has 268 valence electrons. The van der Waals surface area contributed by atoms with Crippen LogP contribution in [0, 0.1) is 0 Å². The van der Waals surface area contributed by atoms with Crippen molar-refractivity contribution in [3.63, 3.8) is 0 Å². The minimum atomic E-state index is -0.0763. The van der Waals surface area contributed by atoms with Crippen molar-refractivity contribution in [3.8, 4) is 27.9 Å². The topological polar surface area (TPSA) is 8.17 Å². The molecule has 10 aromatic carbocycles. The molecule has 0 fully saturated rings. The Morgan fingerprint density at radius 2 is 1.02 bits per heavy atom. The van der Waals surface area contributed by atoms with E-state index in [1.54, 1.807) is 0 Å². The minimum absolute atomic E-state index is 0.0763. The lowest BCUT2D eigenvalue weighted by Crippen LogP contribution is -2.16. The molecule has 0 amide bonds. The normalized spacial score (nSPS) is 13.2. The lowest BCUT2D eigenvalue weighted by Gasteiger charge is -2.28. The molecule has 0 saturated carbocycles. The molecule has 1 aliphatic rings. The molecule has 0 radical (unpaired) electrons. The highest BCUT2D eigenvalue weighted by molar-refractivity contribution is 6.32. The number of para-hydroxylation sites is 3. The van der Waals surface area contributed by atoms with Gasteiger partial charge in [0.25, 0.3) is 0 Å². The van der Waals surface area contributed by atoms with Gasteiger partial charge in [-0.05, 0) is 121 Å². The van der Waals surface area contributed by atoms with Crippen LogP contribution in [0.15, 0.2) is 194 Å². The van der Waals surface area contributed by atoms with Crippen molar-refractivity contribution in [3.05, 3.63) is 205 Å². The van der Waals surface area contributed by atoms with Crippen molar-refractivity contribution < 1.29 is 0 Å². The van der Waals surface area contributed by atoms with E-state index in [1.165, 1.54) is 93.2 Å². The predicted octanol–water partition coefficient (Wildman–Crippen LogP) is 15.1. The maximum absolute atomic E-state index is 2.45. The zero-order valence-electron chi connectivity index (χ0n) is 31.9. The highest BCUT2D eigenvalue weighted by Crippen LogP contribution is 2.51.